The number of carbonyl (C=O) groups is 3. The Hall–Kier alpha value is -5.72. The van der Waals surface area contributed by atoms with E-state index in [4.69, 9.17) is 9.84 Å². The van der Waals surface area contributed by atoms with E-state index < -0.39 is 29.4 Å². The molecule has 0 bridgehead atoms. The number of halogens is 2. The molecule has 3 aliphatic rings. The van der Waals surface area contributed by atoms with Crippen molar-refractivity contribution >= 4 is 39.8 Å². The number of anilines is 1. The summed E-state index contributed by atoms with van der Waals surface area (Å²) < 4.78 is 39.2. The molecule has 55 heavy (non-hydrogen) atoms. The molecular weight excluding hydrogens is 708 g/mol. The van der Waals surface area contributed by atoms with E-state index in [-0.39, 0.29) is 30.4 Å². The van der Waals surface area contributed by atoms with E-state index in [1.807, 2.05) is 23.0 Å². The molecule has 8 rings (SSSR count). The van der Waals surface area contributed by atoms with Gasteiger partial charge >= 0.3 is 0 Å². The molecule has 284 valence electrons. The number of piperazine rings is 1. The Morgan fingerprint density at radius 2 is 1.75 bits per heavy atom. The number of imide groups is 1. The minimum absolute atomic E-state index is 0.0632. The van der Waals surface area contributed by atoms with Crippen LogP contribution in [0.15, 0.2) is 54.9 Å². The SMILES string of the molecule is COc1cc2nn(C3CCC(N4CCN(CCc5cc(F)c([C@H]6CCC(=O)NC6=O)c(F)c5)CC4)CC3)cc2cc1NC(=O)c1ccc2cc(C#N)cnn12. The van der Waals surface area contributed by atoms with E-state index in [9.17, 15) is 19.6 Å². The zero-order valence-electron chi connectivity index (χ0n) is 30.4. The number of rotatable bonds is 9. The number of ether oxygens (including phenoxy) is 1. The first-order chi connectivity index (χ1) is 26.7. The van der Waals surface area contributed by atoms with E-state index >= 15 is 8.78 Å². The summed E-state index contributed by atoms with van der Waals surface area (Å²) in [6.45, 7) is 4.31. The summed E-state index contributed by atoms with van der Waals surface area (Å²) in [5.74, 6) is -3.40. The normalized spacial score (nSPS) is 21.1. The number of nitrogens with one attached hydrogen (secondary N) is 2. The third kappa shape index (κ3) is 7.39. The number of amides is 3. The van der Waals surface area contributed by atoms with Gasteiger partial charge in [-0.25, -0.2) is 13.3 Å². The van der Waals surface area contributed by atoms with E-state index in [2.05, 4.69) is 31.6 Å². The fourth-order valence-corrected chi connectivity index (χ4v) is 8.35. The molecule has 0 unspecified atom stereocenters. The highest BCUT2D eigenvalue weighted by Gasteiger charge is 2.33. The van der Waals surface area contributed by atoms with Crippen LogP contribution < -0.4 is 15.4 Å². The first-order valence-corrected chi connectivity index (χ1v) is 18.7. The van der Waals surface area contributed by atoms with E-state index in [1.54, 1.807) is 25.3 Å². The maximum atomic E-state index is 15.0. The summed E-state index contributed by atoms with van der Waals surface area (Å²) in [5, 5.41) is 24.3. The Labute approximate surface area is 315 Å². The number of piperidine rings is 1. The van der Waals surface area contributed by atoms with Gasteiger partial charge in [0.2, 0.25) is 11.8 Å². The topological polar surface area (TPSA) is 150 Å². The lowest BCUT2D eigenvalue weighted by molar-refractivity contribution is -0.134. The van der Waals surface area contributed by atoms with Gasteiger partial charge in [0.25, 0.3) is 5.91 Å². The van der Waals surface area contributed by atoms with E-state index in [1.165, 1.54) is 22.8 Å². The largest absolute Gasteiger partial charge is 0.494 e. The van der Waals surface area contributed by atoms with Gasteiger partial charge in [0.15, 0.2) is 0 Å². The minimum Gasteiger partial charge on any atom is -0.494 e. The average molecular weight is 750 g/mol. The first-order valence-electron chi connectivity index (χ1n) is 18.7. The lowest BCUT2D eigenvalue weighted by atomic mass is 9.89. The van der Waals surface area contributed by atoms with Crippen molar-refractivity contribution in [1.29, 1.82) is 5.26 Å². The number of carbonyl (C=O) groups excluding carboxylic acids is 3. The maximum Gasteiger partial charge on any atom is 0.274 e. The van der Waals surface area contributed by atoms with Gasteiger partial charge in [-0.2, -0.15) is 15.5 Å². The smallest absolute Gasteiger partial charge is 0.274 e. The van der Waals surface area contributed by atoms with E-state index in [0.29, 0.717) is 52.8 Å². The summed E-state index contributed by atoms with van der Waals surface area (Å²) in [5.41, 5.74) is 2.99. The van der Waals surface area contributed by atoms with Gasteiger partial charge in [0.05, 0.1) is 47.6 Å². The van der Waals surface area contributed by atoms with Crippen molar-refractivity contribution in [2.24, 2.45) is 0 Å². The van der Waals surface area contributed by atoms with Crippen molar-refractivity contribution in [3.05, 3.63) is 88.9 Å². The second kappa shape index (κ2) is 15.2. The van der Waals surface area contributed by atoms with Crippen molar-refractivity contribution in [3.8, 4) is 11.8 Å². The maximum absolute atomic E-state index is 15.0. The second-order valence-electron chi connectivity index (χ2n) is 14.7. The fourth-order valence-electron chi connectivity index (χ4n) is 8.35. The van der Waals surface area contributed by atoms with Crippen LogP contribution >= 0.6 is 0 Å². The second-order valence-corrected chi connectivity index (χ2v) is 14.7. The van der Waals surface area contributed by atoms with Crippen LogP contribution in [-0.4, -0.2) is 92.8 Å². The molecule has 13 nitrogen and oxygen atoms in total. The number of nitrogens with zero attached hydrogens (tertiary/aromatic N) is 7. The highest BCUT2D eigenvalue weighted by Crippen LogP contribution is 2.35. The average Bonchev–Trinajstić information content (AvgIpc) is 3.81. The third-order valence-electron chi connectivity index (χ3n) is 11.4. The van der Waals surface area contributed by atoms with Crippen molar-refractivity contribution in [3.63, 3.8) is 0 Å². The van der Waals surface area contributed by atoms with Crippen LogP contribution in [0.2, 0.25) is 0 Å². The standard InChI is InChI=1S/C40H41F2N9O4/c1-55-36-20-33-26(19-34(36)45-40(54)35-8-6-29-16-25(21-43)22-44-51(29)35)23-50(47-33)28-4-2-27(3-5-28)49-14-12-48(13-15-49)11-10-24-17-31(41)38(32(42)18-24)30-7-9-37(52)46-39(30)53/h6,8,16-20,22-23,27-28,30H,2-5,7,9-15H2,1H3,(H,45,54)(H,46,52,53)/t27?,28?,30-/m1/s1. The molecule has 3 fully saturated rings. The van der Waals surface area contributed by atoms with Crippen LogP contribution in [0.5, 0.6) is 5.75 Å². The fraction of sp³-hybridized carbons (Fsp3) is 0.400. The molecule has 2 aliphatic heterocycles. The van der Waals surface area contributed by atoms with Crippen LogP contribution in [0.4, 0.5) is 14.5 Å². The molecular formula is C40H41F2N9O4. The monoisotopic (exact) mass is 749 g/mol. The molecule has 0 radical (unpaired) electrons. The quantitative estimate of drug-likeness (QED) is 0.200. The summed E-state index contributed by atoms with van der Waals surface area (Å²) >= 11 is 0. The summed E-state index contributed by atoms with van der Waals surface area (Å²) in [6, 6.07) is 14.2. The molecule has 2 saturated heterocycles. The number of fused-ring (bicyclic) bond motifs is 2. The summed E-state index contributed by atoms with van der Waals surface area (Å²) in [4.78, 5) is 41.9. The van der Waals surface area contributed by atoms with Gasteiger partial charge in [-0.1, -0.05) is 0 Å². The Kier molecular flexibility index (Phi) is 10.0. The van der Waals surface area contributed by atoms with Crippen LogP contribution in [0, 0.1) is 23.0 Å². The number of hydrogen-bond acceptors (Lipinski definition) is 9. The Balaban J connectivity index is 0.834. The molecule has 1 atom stereocenters. The highest BCUT2D eigenvalue weighted by atomic mass is 19.1. The highest BCUT2D eigenvalue weighted by molar-refractivity contribution is 6.06. The zero-order chi connectivity index (χ0) is 38.2. The van der Waals surface area contributed by atoms with Crippen LogP contribution in [0.1, 0.15) is 77.7 Å². The van der Waals surface area contributed by atoms with Crippen molar-refractivity contribution in [2.75, 3.05) is 45.2 Å². The molecule has 15 heteroatoms. The number of hydrogen-bond donors (Lipinski definition) is 2. The van der Waals surface area contributed by atoms with Gasteiger partial charge in [-0.3, -0.25) is 29.3 Å². The summed E-state index contributed by atoms with van der Waals surface area (Å²) in [7, 11) is 1.56. The first kappa shape index (κ1) is 36.3. The Bertz CT molecular complexity index is 2310. The predicted molar refractivity (Wildman–Crippen MR) is 199 cm³/mol. The number of benzene rings is 2. The zero-order valence-corrected chi connectivity index (χ0v) is 30.4. The molecule has 5 aromatic rings. The molecule has 1 aliphatic carbocycles. The van der Waals surface area contributed by atoms with Crippen molar-refractivity contribution in [2.45, 2.75) is 62.9 Å². The molecule has 3 amide bonds. The van der Waals surface area contributed by atoms with Gasteiger partial charge in [0.1, 0.15) is 29.1 Å². The predicted octanol–water partition coefficient (Wildman–Crippen LogP) is 4.96. The van der Waals surface area contributed by atoms with Gasteiger partial charge in [0, 0.05) is 68.4 Å². The number of methoxy groups -OCH3 is 1. The number of aromatic nitrogens is 4. The molecule has 2 N–H and O–H groups in total. The Morgan fingerprint density at radius 1 is 1.00 bits per heavy atom. The van der Waals surface area contributed by atoms with Gasteiger partial charge in [-0.05, 0) is 80.5 Å². The van der Waals surface area contributed by atoms with E-state index in [0.717, 1.165) is 62.8 Å². The minimum atomic E-state index is -0.995. The molecule has 0 spiro atoms. The van der Waals surface area contributed by atoms with Crippen molar-refractivity contribution < 1.29 is 27.9 Å². The van der Waals surface area contributed by atoms with Crippen LogP contribution in [0.25, 0.3) is 16.4 Å². The number of nitriles is 1. The Morgan fingerprint density at radius 3 is 2.45 bits per heavy atom. The third-order valence-corrected chi connectivity index (χ3v) is 11.4. The molecule has 5 heterocycles. The molecule has 2 aromatic carbocycles. The van der Waals surface area contributed by atoms with Crippen LogP contribution in [0.3, 0.4) is 0 Å². The summed E-state index contributed by atoms with van der Waals surface area (Å²) in [6.07, 6.45) is 8.22. The molecule has 3 aromatic heterocycles. The van der Waals surface area contributed by atoms with Gasteiger partial charge < -0.3 is 15.0 Å². The van der Waals surface area contributed by atoms with Crippen molar-refractivity contribution in [1.82, 2.24) is 34.5 Å². The lowest BCUT2D eigenvalue weighted by Crippen LogP contribution is -2.51. The van der Waals surface area contributed by atoms with Gasteiger partial charge in [-0.15, -0.1) is 0 Å². The molecule has 1 saturated carbocycles. The lowest BCUT2D eigenvalue weighted by Gasteiger charge is -2.42. The van der Waals surface area contributed by atoms with Crippen LogP contribution in [-0.2, 0) is 16.0 Å².